The van der Waals surface area contributed by atoms with Crippen LogP contribution in [0.15, 0.2) is 24.3 Å². The highest BCUT2D eigenvalue weighted by Crippen LogP contribution is 2.23. The summed E-state index contributed by atoms with van der Waals surface area (Å²) >= 11 is 4.95. The molecule has 0 heterocycles. The highest BCUT2D eigenvalue weighted by molar-refractivity contribution is 7.80. The van der Waals surface area contributed by atoms with Crippen molar-refractivity contribution in [2.24, 2.45) is 11.1 Å². The van der Waals surface area contributed by atoms with Crippen molar-refractivity contribution in [3.63, 3.8) is 0 Å². The van der Waals surface area contributed by atoms with E-state index in [-0.39, 0.29) is 10.9 Å². The summed E-state index contributed by atoms with van der Waals surface area (Å²) in [7, 11) is 1.74. The maximum atomic E-state index is 12.3. The molecule has 0 aromatic heterocycles. The molecule has 1 aromatic carbocycles. The molecule has 1 rings (SSSR count). The van der Waals surface area contributed by atoms with Gasteiger partial charge in [-0.25, -0.2) is 0 Å². The Hall–Kier alpha value is -1.42. The van der Waals surface area contributed by atoms with Gasteiger partial charge in [-0.05, 0) is 38.0 Å². The van der Waals surface area contributed by atoms with Gasteiger partial charge in [0.05, 0.1) is 10.4 Å². The van der Waals surface area contributed by atoms with Gasteiger partial charge in [-0.15, -0.1) is 0 Å². The van der Waals surface area contributed by atoms with Crippen molar-refractivity contribution >= 4 is 28.8 Å². The second kappa shape index (κ2) is 5.48. The Labute approximate surface area is 114 Å². The molecule has 0 radical (unpaired) electrons. The van der Waals surface area contributed by atoms with E-state index in [1.807, 2.05) is 24.3 Å². The van der Waals surface area contributed by atoms with Gasteiger partial charge in [-0.2, -0.15) is 0 Å². The molecule has 0 fully saturated rings. The number of anilines is 1. The van der Waals surface area contributed by atoms with E-state index in [0.717, 1.165) is 12.1 Å². The minimum atomic E-state index is -0.826. The average molecular weight is 264 g/mol. The van der Waals surface area contributed by atoms with Crippen LogP contribution in [0.25, 0.3) is 0 Å². The standard InChI is InChI=1S/C14H20N2OS/c1-5-10-6-8-11(9-7-10)16(4)13(17)14(2,3)12(15)18/h6-9H,5H2,1-4H3,(H2,15,18). The molecular weight excluding hydrogens is 244 g/mol. The fourth-order valence-electron chi connectivity index (χ4n) is 1.60. The number of amides is 1. The second-order valence-corrected chi connectivity index (χ2v) is 5.31. The molecule has 0 atom stereocenters. The molecule has 0 spiro atoms. The molecule has 2 N–H and O–H groups in total. The Kier molecular flexibility index (Phi) is 4.46. The van der Waals surface area contributed by atoms with Gasteiger partial charge in [0.2, 0.25) is 5.91 Å². The summed E-state index contributed by atoms with van der Waals surface area (Å²) in [6, 6.07) is 7.92. The molecule has 0 aliphatic heterocycles. The Morgan fingerprint density at radius 3 is 2.22 bits per heavy atom. The SMILES string of the molecule is CCc1ccc(N(C)C(=O)C(C)(C)C(N)=S)cc1. The molecule has 0 unspecified atom stereocenters. The van der Waals surface area contributed by atoms with E-state index in [0.29, 0.717) is 0 Å². The van der Waals surface area contributed by atoms with Crippen LogP contribution in [0.3, 0.4) is 0 Å². The zero-order valence-electron chi connectivity index (χ0n) is 11.4. The van der Waals surface area contributed by atoms with Gasteiger partial charge >= 0.3 is 0 Å². The monoisotopic (exact) mass is 264 g/mol. The summed E-state index contributed by atoms with van der Waals surface area (Å²) in [5.41, 5.74) is 6.88. The summed E-state index contributed by atoms with van der Waals surface area (Å²) in [4.78, 5) is 14.1. The summed E-state index contributed by atoms with van der Waals surface area (Å²) in [5.74, 6) is -0.0979. The van der Waals surface area contributed by atoms with E-state index in [1.165, 1.54) is 5.56 Å². The molecule has 0 bridgehead atoms. The quantitative estimate of drug-likeness (QED) is 0.850. The molecule has 18 heavy (non-hydrogen) atoms. The number of thiocarbonyl (C=S) groups is 1. The largest absolute Gasteiger partial charge is 0.392 e. The molecule has 0 saturated carbocycles. The van der Waals surface area contributed by atoms with Gasteiger partial charge in [-0.3, -0.25) is 4.79 Å². The van der Waals surface area contributed by atoms with Crippen molar-refractivity contribution in [1.82, 2.24) is 0 Å². The minimum absolute atomic E-state index is 0.0979. The van der Waals surface area contributed by atoms with Gasteiger partial charge in [0.25, 0.3) is 0 Å². The lowest BCUT2D eigenvalue weighted by Crippen LogP contribution is -2.45. The maximum absolute atomic E-state index is 12.3. The number of aryl methyl sites for hydroxylation is 1. The predicted molar refractivity (Wildman–Crippen MR) is 79.8 cm³/mol. The number of carbonyl (C=O) groups excluding carboxylic acids is 1. The molecule has 4 heteroatoms. The Balaban J connectivity index is 2.96. The molecular formula is C14H20N2OS. The first-order chi connectivity index (χ1) is 8.30. The van der Waals surface area contributed by atoms with Gasteiger partial charge in [0.15, 0.2) is 0 Å². The van der Waals surface area contributed by atoms with Crippen LogP contribution in [0.5, 0.6) is 0 Å². The number of hydrogen-bond donors (Lipinski definition) is 1. The predicted octanol–water partition coefficient (Wildman–Crippen LogP) is 2.52. The molecule has 98 valence electrons. The van der Waals surface area contributed by atoms with Crippen molar-refractivity contribution in [2.45, 2.75) is 27.2 Å². The van der Waals surface area contributed by atoms with Crippen LogP contribution < -0.4 is 10.6 Å². The number of carbonyl (C=O) groups is 1. The Morgan fingerprint density at radius 2 is 1.83 bits per heavy atom. The number of nitrogens with two attached hydrogens (primary N) is 1. The van der Waals surface area contributed by atoms with Crippen molar-refractivity contribution in [3.05, 3.63) is 29.8 Å². The van der Waals surface area contributed by atoms with Crippen molar-refractivity contribution in [1.29, 1.82) is 0 Å². The summed E-state index contributed by atoms with van der Waals surface area (Å²) in [6.45, 7) is 5.59. The van der Waals surface area contributed by atoms with Crippen LogP contribution in [0, 0.1) is 5.41 Å². The normalized spacial score (nSPS) is 11.1. The molecule has 0 aliphatic rings. The summed E-state index contributed by atoms with van der Waals surface area (Å²) < 4.78 is 0. The van der Waals surface area contributed by atoms with Gasteiger partial charge < -0.3 is 10.6 Å². The van der Waals surface area contributed by atoms with Crippen LogP contribution >= 0.6 is 12.2 Å². The second-order valence-electron chi connectivity index (χ2n) is 4.87. The maximum Gasteiger partial charge on any atom is 0.239 e. The molecule has 1 amide bonds. The lowest BCUT2D eigenvalue weighted by atomic mass is 9.91. The van der Waals surface area contributed by atoms with Crippen LogP contribution in [-0.2, 0) is 11.2 Å². The first kappa shape index (κ1) is 14.6. The fourth-order valence-corrected chi connectivity index (χ4v) is 1.68. The number of nitrogens with zero attached hydrogens (tertiary/aromatic N) is 1. The highest BCUT2D eigenvalue weighted by Gasteiger charge is 2.33. The Bertz CT molecular complexity index is 451. The molecule has 0 saturated heterocycles. The highest BCUT2D eigenvalue weighted by atomic mass is 32.1. The van der Waals surface area contributed by atoms with Gasteiger partial charge in [0, 0.05) is 12.7 Å². The van der Waals surface area contributed by atoms with Gasteiger partial charge in [0.1, 0.15) is 0 Å². The number of benzene rings is 1. The molecule has 3 nitrogen and oxygen atoms in total. The minimum Gasteiger partial charge on any atom is -0.392 e. The van der Waals surface area contributed by atoms with Crippen LogP contribution in [-0.4, -0.2) is 17.9 Å². The average Bonchev–Trinajstić information content (AvgIpc) is 2.36. The lowest BCUT2D eigenvalue weighted by Gasteiger charge is -2.28. The van der Waals surface area contributed by atoms with E-state index >= 15 is 0 Å². The lowest BCUT2D eigenvalue weighted by molar-refractivity contribution is -0.123. The third-order valence-electron chi connectivity index (χ3n) is 3.19. The first-order valence-corrected chi connectivity index (χ1v) is 6.38. The van der Waals surface area contributed by atoms with Crippen LogP contribution in [0.4, 0.5) is 5.69 Å². The summed E-state index contributed by atoms with van der Waals surface area (Å²) in [6.07, 6.45) is 0.982. The molecule has 1 aromatic rings. The number of rotatable bonds is 4. The van der Waals surface area contributed by atoms with Crippen molar-refractivity contribution in [3.8, 4) is 0 Å². The smallest absolute Gasteiger partial charge is 0.239 e. The fraction of sp³-hybridized carbons (Fsp3) is 0.429. The van der Waals surface area contributed by atoms with Gasteiger partial charge in [-0.1, -0.05) is 31.3 Å². The van der Waals surface area contributed by atoms with Crippen molar-refractivity contribution in [2.75, 3.05) is 11.9 Å². The Morgan fingerprint density at radius 1 is 1.33 bits per heavy atom. The first-order valence-electron chi connectivity index (χ1n) is 5.97. The zero-order chi connectivity index (χ0) is 13.9. The summed E-state index contributed by atoms with van der Waals surface area (Å²) in [5, 5.41) is 0. The van der Waals surface area contributed by atoms with E-state index in [4.69, 9.17) is 18.0 Å². The third kappa shape index (κ3) is 2.88. The third-order valence-corrected chi connectivity index (χ3v) is 3.70. The topological polar surface area (TPSA) is 46.3 Å². The van der Waals surface area contributed by atoms with Crippen LogP contribution in [0.1, 0.15) is 26.3 Å². The van der Waals surface area contributed by atoms with E-state index < -0.39 is 5.41 Å². The van der Waals surface area contributed by atoms with E-state index in [9.17, 15) is 4.79 Å². The zero-order valence-corrected chi connectivity index (χ0v) is 12.2. The van der Waals surface area contributed by atoms with E-state index in [1.54, 1.807) is 25.8 Å². The van der Waals surface area contributed by atoms with E-state index in [2.05, 4.69) is 6.92 Å². The number of hydrogen-bond acceptors (Lipinski definition) is 2. The molecule has 0 aliphatic carbocycles. The van der Waals surface area contributed by atoms with Crippen LogP contribution in [0.2, 0.25) is 0 Å². The van der Waals surface area contributed by atoms with Crippen molar-refractivity contribution < 1.29 is 4.79 Å².